The molecule has 4 nitrogen and oxygen atoms in total. The lowest BCUT2D eigenvalue weighted by atomic mass is 9.78. The largest absolute Gasteiger partial charge is 0.507 e. The van der Waals surface area contributed by atoms with E-state index in [1.807, 2.05) is 41.5 Å². The van der Waals surface area contributed by atoms with Crippen LogP contribution in [0.4, 0.5) is 0 Å². The van der Waals surface area contributed by atoms with E-state index in [0.717, 1.165) is 11.1 Å². The molecular weight excluding hydrogens is 278 g/mol. The van der Waals surface area contributed by atoms with Gasteiger partial charge in [-0.1, -0.05) is 41.5 Å². The van der Waals surface area contributed by atoms with Crippen molar-refractivity contribution < 1.29 is 14.7 Å². The summed E-state index contributed by atoms with van der Waals surface area (Å²) in [4.78, 5) is 23.2. The average Bonchev–Trinajstić information content (AvgIpc) is 2.33. The fourth-order valence-electron chi connectivity index (χ4n) is 2.32. The van der Waals surface area contributed by atoms with E-state index in [4.69, 9.17) is 5.73 Å². The van der Waals surface area contributed by atoms with Gasteiger partial charge in [-0.3, -0.25) is 9.59 Å². The van der Waals surface area contributed by atoms with Crippen LogP contribution >= 0.6 is 0 Å². The van der Waals surface area contributed by atoms with Gasteiger partial charge >= 0.3 is 0 Å². The van der Waals surface area contributed by atoms with Crippen LogP contribution in [0.5, 0.6) is 5.75 Å². The average molecular weight is 305 g/mol. The summed E-state index contributed by atoms with van der Waals surface area (Å²) in [6.45, 7) is 12.0. The molecule has 1 amide bonds. The summed E-state index contributed by atoms with van der Waals surface area (Å²) < 4.78 is 0. The van der Waals surface area contributed by atoms with Crippen molar-refractivity contribution in [1.29, 1.82) is 0 Å². The molecule has 0 atom stereocenters. The Morgan fingerprint density at radius 1 is 0.955 bits per heavy atom. The van der Waals surface area contributed by atoms with Crippen molar-refractivity contribution in [2.24, 2.45) is 5.73 Å². The van der Waals surface area contributed by atoms with Crippen LogP contribution in [-0.2, 0) is 15.6 Å². The second-order valence-corrected chi connectivity index (χ2v) is 7.81. The van der Waals surface area contributed by atoms with E-state index in [0.29, 0.717) is 5.56 Å². The number of carbonyl (C=O) groups excluding carboxylic acids is 2. The Labute approximate surface area is 132 Å². The number of rotatable bonds is 4. The summed E-state index contributed by atoms with van der Waals surface area (Å²) in [5, 5.41) is 10.6. The zero-order valence-electron chi connectivity index (χ0n) is 14.4. The highest BCUT2D eigenvalue weighted by Crippen LogP contribution is 2.39. The van der Waals surface area contributed by atoms with Crippen LogP contribution in [0.1, 0.15) is 75.9 Å². The van der Waals surface area contributed by atoms with Crippen molar-refractivity contribution in [1.82, 2.24) is 0 Å². The number of benzene rings is 1. The highest BCUT2D eigenvalue weighted by atomic mass is 16.3. The van der Waals surface area contributed by atoms with Crippen LogP contribution in [0.15, 0.2) is 12.1 Å². The number of hydrogen-bond acceptors (Lipinski definition) is 3. The summed E-state index contributed by atoms with van der Waals surface area (Å²) in [7, 11) is 0. The van der Waals surface area contributed by atoms with E-state index in [1.54, 1.807) is 12.1 Å². The molecule has 0 aliphatic carbocycles. The zero-order valence-corrected chi connectivity index (χ0v) is 14.4. The zero-order chi connectivity index (χ0) is 17.3. The summed E-state index contributed by atoms with van der Waals surface area (Å²) >= 11 is 0. The molecule has 0 spiro atoms. The fraction of sp³-hybridized carbons (Fsp3) is 0.556. The van der Waals surface area contributed by atoms with Gasteiger partial charge in [-0.2, -0.15) is 0 Å². The predicted molar refractivity (Wildman–Crippen MR) is 88.3 cm³/mol. The first-order chi connectivity index (χ1) is 9.84. The van der Waals surface area contributed by atoms with Crippen LogP contribution in [0.2, 0.25) is 0 Å². The molecule has 22 heavy (non-hydrogen) atoms. The molecule has 0 saturated carbocycles. The van der Waals surface area contributed by atoms with E-state index in [2.05, 4.69) is 0 Å². The number of phenols is 1. The van der Waals surface area contributed by atoms with Crippen LogP contribution in [0, 0.1) is 0 Å². The summed E-state index contributed by atoms with van der Waals surface area (Å²) in [6, 6.07) is 3.46. The van der Waals surface area contributed by atoms with Gasteiger partial charge in [0, 0.05) is 29.5 Å². The Hall–Kier alpha value is -1.84. The lowest BCUT2D eigenvalue weighted by Crippen LogP contribution is -2.19. The summed E-state index contributed by atoms with van der Waals surface area (Å²) in [6.07, 6.45) is 0.128. The molecule has 1 aromatic carbocycles. The first kappa shape index (κ1) is 18.2. The highest BCUT2D eigenvalue weighted by molar-refractivity contribution is 5.98. The van der Waals surface area contributed by atoms with Gasteiger partial charge in [-0.15, -0.1) is 0 Å². The molecule has 1 aromatic rings. The van der Waals surface area contributed by atoms with E-state index >= 15 is 0 Å². The summed E-state index contributed by atoms with van der Waals surface area (Å²) in [5.74, 6) is -0.375. The molecule has 0 aliphatic rings. The van der Waals surface area contributed by atoms with Crippen molar-refractivity contribution >= 4 is 11.7 Å². The molecule has 0 radical (unpaired) electrons. The van der Waals surface area contributed by atoms with Crippen molar-refractivity contribution in [3.63, 3.8) is 0 Å². The number of Topliss-reactive ketones (excluding diaryl/α,β-unsaturated/α-hetero) is 1. The molecule has 4 heteroatoms. The third kappa shape index (κ3) is 4.33. The lowest BCUT2D eigenvalue weighted by Gasteiger charge is -2.28. The minimum Gasteiger partial charge on any atom is -0.507 e. The molecule has 0 fully saturated rings. The SMILES string of the molecule is CC(C)(C)c1cc(C(=O)CCC(N)=O)cc(C(C)(C)C)c1O. The van der Waals surface area contributed by atoms with Gasteiger partial charge in [0.1, 0.15) is 5.75 Å². The first-order valence-electron chi connectivity index (χ1n) is 7.53. The third-order valence-electron chi connectivity index (χ3n) is 3.65. The van der Waals surface area contributed by atoms with Gasteiger partial charge in [0.25, 0.3) is 0 Å². The standard InChI is InChI=1S/C18H27NO3/c1-17(2,3)12-9-11(14(20)7-8-15(19)21)10-13(16(12)22)18(4,5)6/h9-10,22H,7-8H2,1-6H3,(H2,19,21). The molecule has 3 N–H and O–H groups in total. The van der Waals surface area contributed by atoms with E-state index in [-0.39, 0.29) is 35.2 Å². The maximum absolute atomic E-state index is 12.3. The smallest absolute Gasteiger partial charge is 0.217 e. The van der Waals surface area contributed by atoms with E-state index in [1.165, 1.54) is 0 Å². The molecule has 122 valence electrons. The molecule has 0 unspecified atom stereocenters. The molecule has 0 saturated heterocycles. The number of primary amides is 1. The Bertz CT molecular complexity index is 554. The molecule has 0 bridgehead atoms. The minimum atomic E-state index is -0.487. The number of hydrogen-bond donors (Lipinski definition) is 2. The molecule has 1 rings (SSSR count). The number of ketones is 1. The Kier molecular flexibility index (Phi) is 5.06. The van der Waals surface area contributed by atoms with Crippen LogP contribution < -0.4 is 5.73 Å². The van der Waals surface area contributed by atoms with E-state index in [9.17, 15) is 14.7 Å². The summed E-state index contributed by atoms with van der Waals surface area (Å²) in [5.41, 5.74) is 6.53. The maximum Gasteiger partial charge on any atom is 0.217 e. The van der Waals surface area contributed by atoms with Gasteiger partial charge in [-0.05, 0) is 23.0 Å². The second-order valence-electron chi connectivity index (χ2n) is 7.81. The first-order valence-corrected chi connectivity index (χ1v) is 7.53. The second kappa shape index (κ2) is 6.11. The Morgan fingerprint density at radius 2 is 1.36 bits per heavy atom. The van der Waals surface area contributed by atoms with Gasteiger partial charge in [0.15, 0.2) is 5.78 Å². The van der Waals surface area contributed by atoms with Gasteiger partial charge in [0.2, 0.25) is 5.91 Å². The van der Waals surface area contributed by atoms with Crippen molar-refractivity contribution in [2.45, 2.75) is 65.2 Å². The van der Waals surface area contributed by atoms with Crippen LogP contribution in [0.25, 0.3) is 0 Å². The number of nitrogens with two attached hydrogens (primary N) is 1. The van der Waals surface area contributed by atoms with Gasteiger partial charge < -0.3 is 10.8 Å². The highest BCUT2D eigenvalue weighted by Gasteiger charge is 2.27. The van der Waals surface area contributed by atoms with Crippen LogP contribution in [-0.4, -0.2) is 16.8 Å². The van der Waals surface area contributed by atoms with Gasteiger partial charge in [0.05, 0.1) is 0 Å². The molecular formula is C18H27NO3. The fourth-order valence-corrected chi connectivity index (χ4v) is 2.32. The predicted octanol–water partition coefficient (Wildman–Crippen LogP) is 3.44. The lowest BCUT2D eigenvalue weighted by molar-refractivity contribution is -0.118. The monoisotopic (exact) mass is 305 g/mol. The quantitative estimate of drug-likeness (QED) is 0.836. The van der Waals surface area contributed by atoms with Crippen molar-refractivity contribution in [3.05, 3.63) is 28.8 Å². The Balaban J connectivity index is 3.41. The molecule has 0 aromatic heterocycles. The van der Waals surface area contributed by atoms with Crippen molar-refractivity contribution in [3.8, 4) is 5.75 Å². The number of carbonyl (C=O) groups is 2. The van der Waals surface area contributed by atoms with Crippen molar-refractivity contribution in [2.75, 3.05) is 0 Å². The molecule has 0 heterocycles. The molecule has 0 aliphatic heterocycles. The number of phenolic OH excluding ortho intramolecular Hbond substituents is 1. The topological polar surface area (TPSA) is 80.4 Å². The Morgan fingerprint density at radius 3 is 1.68 bits per heavy atom. The number of amides is 1. The van der Waals surface area contributed by atoms with Crippen LogP contribution in [0.3, 0.4) is 0 Å². The van der Waals surface area contributed by atoms with Gasteiger partial charge in [-0.25, -0.2) is 0 Å². The minimum absolute atomic E-state index is 0.0371. The van der Waals surface area contributed by atoms with E-state index < -0.39 is 5.91 Å². The number of aromatic hydroxyl groups is 1. The third-order valence-corrected chi connectivity index (χ3v) is 3.65. The normalized spacial score (nSPS) is 12.3. The maximum atomic E-state index is 12.3.